The molecule has 0 bridgehead atoms. The first-order valence-electron chi connectivity index (χ1n) is 19.6. The van der Waals surface area contributed by atoms with Gasteiger partial charge in [-0.25, -0.2) is 0 Å². The van der Waals surface area contributed by atoms with Crippen molar-refractivity contribution in [2.24, 2.45) is 0 Å². The van der Waals surface area contributed by atoms with Gasteiger partial charge in [0.05, 0.1) is 6.61 Å². The van der Waals surface area contributed by atoms with Gasteiger partial charge in [0.25, 0.3) is 0 Å². The van der Waals surface area contributed by atoms with Crippen LogP contribution < -0.4 is 0 Å². The number of rotatable bonds is 34. The summed E-state index contributed by atoms with van der Waals surface area (Å²) in [5.41, 5.74) is 0. The molecule has 0 aliphatic rings. The molecule has 1 unspecified atom stereocenters. The van der Waals surface area contributed by atoms with Gasteiger partial charge in [-0.3, -0.25) is 9.59 Å². The summed E-state index contributed by atoms with van der Waals surface area (Å²) in [6.45, 7) is 3.95. The van der Waals surface area contributed by atoms with E-state index in [1.165, 1.54) is 38.5 Å². The Morgan fingerprint density at radius 3 is 1.35 bits per heavy atom. The largest absolute Gasteiger partial charge is 0.462 e. The quantitative estimate of drug-likeness (QED) is 0.0416. The Hall–Kier alpha value is -2.92. The first-order chi connectivity index (χ1) is 24.1. The highest BCUT2D eigenvalue weighted by atomic mass is 16.6. The molecule has 49 heavy (non-hydrogen) atoms. The molecule has 0 aromatic carbocycles. The highest BCUT2D eigenvalue weighted by Crippen LogP contribution is 2.11. The van der Waals surface area contributed by atoms with Gasteiger partial charge in [0.1, 0.15) is 6.61 Å². The third-order valence-corrected chi connectivity index (χ3v) is 7.92. The molecule has 5 heteroatoms. The summed E-state index contributed by atoms with van der Waals surface area (Å²) in [4.78, 5) is 24.2. The van der Waals surface area contributed by atoms with Crippen LogP contribution in [0.2, 0.25) is 0 Å². The number of hydrogen-bond acceptors (Lipinski definition) is 5. The van der Waals surface area contributed by atoms with Crippen LogP contribution in [0.15, 0.2) is 85.1 Å². The van der Waals surface area contributed by atoms with Crippen LogP contribution in [0.3, 0.4) is 0 Å². The molecule has 0 amide bonds. The second-order valence-electron chi connectivity index (χ2n) is 12.6. The van der Waals surface area contributed by atoms with Crippen molar-refractivity contribution in [3.05, 3.63) is 85.1 Å². The molecule has 0 heterocycles. The van der Waals surface area contributed by atoms with Gasteiger partial charge in [0.2, 0.25) is 0 Å². The fourth-order valence-electron chi connectivity index (χ4n) is 4.96. The van der Waals surface area contributed by atoms with Gasteiger partial charge < -0.3 is 14.6 Å². The molecule has 0 radical (unpaired) electrons. The molecule has 278 valence electrons. The van der Waals surface area contributed by atoms with Crippen LogP contribution in [-0.4, -0.2) is 36.4 Å². The third kappa shape index (κ3) is 37.7. The Morgan fingerprint density at radius 1 is 0.490 bits per heavy atom. The second-order valence-corrected chi connectivity index (χ2v) is 12.6. The summed E-state index contributed by atoms with van der Waals surface area (Å²) in [7, 11) is 0. The molecule has 0 aromatic rings. The lowest BCUT2D eigenvalue weighted by Crippen LogP contribution is -2.28. The predicted molar refractivity (Wildman–Crippen MR) is 209 cm³/mol. The maximum Gasteiger partial charge on any atom is 0.306 e. The molecule has 0 saturated carbocycles. The third-order valence-electron chi connectivity index (χ3n) is 7.92. The average molecular weight is 681 g/mol. The molecule has 0 aliphatic carbocycles. The van der Waals surface area contributed by atoms with E-state index < -0.39 is 6.10 Å². The Labute approximate surface area is 301 Å². The van der Waals surface area contributed by atoms with Crippen LogP contribution in [0.1, 0.15) is 162 Å². The normalized spacial score (nSPS) is 13.1. The van der Waals surface area contributed by atoms with E-state index in [0.717, 1.165) is 96.3 Å². The average Bonchev–Trinajstić information content (AvgIpc) is 3.10. The Bertz CT molecular complexity index is 952. The van der Waals surface area contributed by atoms with Crippen LogP contribution in [0.25, 0.3) is 0 Å². The summed E-state index contributed by atoms with van der Waals surface area (Å²) in [5, 5.41) is 9.54. The van der Waals surface area contributed by atoms with Crippen molar-refractivity contribution in [1.82, 2.24) is 0 Å². The van der Waals surface area contributed by atoms with Gasteiger partial charge in [-0.05, 0) is 89.9 Å². The number of carbonyl (C=O) groups excluding carboxylic acids is 2. The topological polar surface area (TPSA) is 72.8 Å². The maximum absolute atomic E-state index is 12.2. The van der Waals surface area contributed by atoms with Gasteiger partial charge in [0.15, 0.2) is 6.10 Å². The molecule has 1 atom stereocenters. The molecule has 0 saturated heterocycles. The summed E-state index contributed by atoms with van der Waals surface area (Å²) in [6, 6.07) is 0. The van der Waals surface area contributed by atoms with Gasteiger partial charge in [0, 0.05) is 12.8 Å². The van der Waals surface area contributed by atoms with Crippen LogP contribution in [0.5, 0.6) is 0 Å². The predicted octanol–water partition coefficient (Wildman–Crippen LogP) is 12.3. The monoisotopic (exact) mass is 681 g/mol. The maximum atomic E-state index is 12.2. The lowest BCUT2D eigenvalue weighted by atomic mass is 10.1. The summed E-state index contributed by atoms with van der Waals surface area (Å²) in [5.74, 6) is -0.640. The van der Waals surface area contributed by atoms with Crippen molar-refractivity contribution in [3.63, 3.8) is 0 Å². The van der Waals surface area contributed by atoms with E-state index in [1.54, 1.807) is 0 Å². The zero-order valence-corrected chi connectivity index (χ0v) is 31.4. The van der Waals surface area contributed by atoms with Crippen LogP contribution in [0, 0.1) is 0 Å². The number of allylic oxidation sites excluding steroid dienone is 14. The molecule has 0 rings (SSSR count). The van der Waals surface area contributed by atoms with E-state index in [2.05, 4.69) is 98.9 Å². The molecule has 0 aliphatic heterocycles. The van der Waals surface area contributed by atoms with E-state index >= 15 is 0 Å². The van der Waals surface area contributed by atoms with Gasteiger partial charge in [-0.15, -0.1) is 0 Å². The molecule has 5 nitrogen and oxygen atoms in total. The summed E-state index contributed by atoms with van der Waals surface area (Å²) < 4.78 is 10.6. The number of esters is 2. The van der Waals surface area contributed by atoms with E-state index in [4.69, 9.17) is 9.47 Å². The number of unbranched alkanes of at least 4 members (excludes halogenated alkanes) is 12. The zero-order chi connectivity index (χ0) is 35.7. The van der Waals surface area contributed by atoms with Crippen molar-refractivity contribution in [3.8, 4) is 0 Å². The van der Waals surface area contributed by atoms with E-state index in [1.807, 2.05) is 0 Å². The van der Waals surface area contributed by atoms with Crippen molar-refractivity contribution in [2.75, 3.05) is 13.2 Å². The van der Waals surface area contributed by atoms with E-state index in [9.17, 15) is 14.7 Å². The van der Waals surface area contributed by atoms with Gasteiger partial charge >= 0.3 is 11.9 Å². The second kappa shape index (κ2) is 39.5. The number of aliphatic hydroxyl groups is 1. The Morgan fingerprint density at radius 2 is 0.878 bits per heavy atom. The lowest BCUT2D eigenvalue weighted by molar-refractivity contribution is -0.161. The molecular weight excluding hydrogens is 608 g/mol. The standard InChI is InChI=1S/C44H72O5/c1-3-5-7-9-11-13-15-17-18-19-20-21-22-23-24-25-26-27-29-31-33-35-37-39-44(47)49-42(40-45)41-48-43(46)38-36-34-32-30-28-16-14-12-10-8-6-4-2/h5,7,11-14,17-18,20-21,23-24,26-27,42,45H,3-4,6,8-10,15-16,19,22,25,28-41H2,1-2H3/b7-5-,13-11-,14-12-,18-17-,21-20-,24-23-,27-26-. The Balaban J connectivity index is 3.68. The van der Waals surface area contributed by atoms with Gasteiger partial charge in [-0.2, -0.15) is 0 Å². The zero-order valence-electron chi connectivity index (χ0n) is 31.4. The molecule has 0 fully saturated rings. The van der Waals surface area contributed by atoms with E-state index in [-0.39, 0.29) is 25.2 Å². The van der Waals surface area contributed by atoms with Crippen LogP contribution in [0.4, 0.5) is 0 Å². The molecule has 1 N–H and O–H groups in total. The minimum Gasteiger partial charge on any atom is -0.462 e. The lowest BCUT2D eigenvalue weighted by Gasteiger charge is -2.15. The minimum atomic E-state index is -0.792. The van der Waals surface area contributed by atoms with Crippen molar-refractivity contribution < 1.29 is 24.2 Å². The summed E-state index contributed by atoms with van der Waals surface area (Å²) in [6.07, 6.45) is 53.5. The van der Waals surface area contributed by atoms with E-state index in [0.29, 0.717) is 12.8 Å². The molecule has 0 aromatic heterocycles. The number of carbonyl (C=O) groups is 2. The van der Waals surface area contributed by atoms with Crippen molar-refractivity contribution in [1.29, 1.82) is 0 Å². The first-order valence-corrected chi connectivity index (χ1v) is 19.6. The minimum absolute atomic E-state index is 0.0857. The fraction of sp³-hybridized carbons (Fsp3) is 0.636. The summed E-state index contributed by atoms with van der Waals surface area (Å²) >= 11 is 0. The fourth-order valence-corrected chi connectivity index (χ4v) is 4.96. The Kier molecular flexibility index (Phi) is 37.2. The van der Waals surface area contributed by atoms with Crippen LogP contribution in [-0.2, 0) is 19.1 Å². The van der Waals surface area contributed by atoms with Crippen molar-refractivity contribution >= 4 is 11.9 Å². The highest BCUT2D eigenvalue weighted by Gasteiger charge is 2.16. The SMILES string of the molecule is CC/C=C\C/C=C\C/C=C\C/C=C\C/C=C\C/C=C\CCCCCCC(=O)OC(CO)COC(=O)CCCCCCC/C=C\CCCCC. The highest BCUT2D eigenvalue weighted by molar-refractivity contribution is 5.70. The number of ether oxygens (including phenoxy) is 2. The number of hydrogen-bond donors (Lipinski definition) is 1. The first kappa shape index (κ1) is 46.1. The smallest absolute Gasteiger partial charge is 0.306 e. The molecule has 0 spiro atoms. The van der Waals surface area contributed by atoms with Crippen molar-refractivity contribution in [2.45, 2.75) is 168 Å². The van der Waals surface area contributed by atoms with Gasteiger partial charge in [-0.1, -0.05) is 144 Å². The molecular formula is C44H72O5. The van der Waals surface area contributed by atoms with Crippen LogP contribution >= 0.6 is 0 Å². The number of aliphatic hydroxyl groups excluding tert-OH is 1.